The van der Waals surface area contributed by atoms with Crippen molar-refractivity contribution < 1.29 is 9.18 Å². The van der Waals surface area contributed by atoms with E-state index in [0.29, 0.717) is 12.6 Å². The molecular weight excluding hydrogens is 323 g/mol. The van der Waals surface area contributed by atoms with Crippen molar-refractivity contribution >= 4 is 21.8 Å². The molecule has 2 N–H and O–H groups in total. The van der Waals surface area contributed by atoms with Gasteiger partial charge in [-0.05, 0) is 43.5 Å². The normalized spacial score (nSPS) is 17.1. The molecule has 0 aliphatic heterocycles. The maximum absolute atomic E-state index is 13.2. The Labute approximate surface area is 127 Å². The second-order valence-electron chi connectivity index (χ2n) is 5.33. The summed E-state index contributed by atoms with van der Waals surface area (Å²) in [4.78, 5) is 12.0. The Balaban J connectivity index is 1.83. The van der Waals surface area contributed by atoms with Crippen molar-refractivity contribution in [1.29, 1.82) is 0 Å². The summed E-state index contributed by atoms with van der Waals surface area (Å²) < 4.78 is 14.0. The Morgan fingerprint density at radius 2 is 2.15 bits per heavy atom. The average Bonchev–Trinajstić information content (AvgIpc) is 2.92. The molecule has 1 amide bonds. The molecule has 0 spiro atoms. The summed E-state index contributed by atoms with van der Waals surface area (Å²) in [6.45, 7) is 2.29. The second-order valence-corrected chi connectivity index (χ2v) is 6.18. The number of nitrogens with one attached hydrogen (secondary N) is 2. The first kappa shape index (κ1) is 15.4. The predicted molar refractivity (Wildman–Crippen MR) is 80.8 cm³/mol. The lowest BCUT2D eigenvalue weighted by molar-refractivity contribution is -0.123. The van der Waals surface area contributed by atoms with E-state index in [0.717, 1.165) is 22.9 Å². The Kier molecular flexibility index (Phi) is 5.54. The molecule has 1 aliphatic carbocycles. The van der Waals surface area contributed by atoms with E-state index in [1.807, 2.05) is 6.92 Å². The molecule has 110 valence electrons. The van der Waals surface area contributed by atoms with E-state index in [4.69, 9.17) is 0 Å². The van der Waals surface area contributed by atoms with Gasteiger partial charge in [0.1, 0.15) is 5.82 Å². The fourth-order valence-corrected chi connectivity index (χ4v) is 2.82. The van der Waals surface area contributed by atoms with Crippen molar-refractivity contribution in [3.8, 4) is 0 Å². The third kappa shape index (κ3) is 4.28. The van der Waals surface area contributed by atoms with Crippen LogP contribution in [0.1, 0.15) is 38.2 Å². The van der Waals surface area contributed by atoms with Crippen LogP contribution in [0.2, 0.25) is 0 Å². The second kappa shape index (κ2) is 7.18. The Morgan fingerprint density at radius 3 is 2.85 bits per heavy atom. The van der Waals surface area contributed by atoms with Gasteiger partial charge in [0.2, 0.25) is 5.91 Å². The topological polar surface area (TPSA) is 41.1 Å². The fourth-order valence-electron chi connectivity index (χ4n) is 2.43. The van der Waals surface area contributed by atoms with E-state index in [2.05, 4.69) is 26.6 Å². The van der Waals surface area contributed by atoms with Gasteiger partial charge in [0, 0.05) is 17.1 Å². The Hall–Kier alpha value is -0.940. The van der Waals surface area contributed by atoms with E-state index in [-0.39, 0.29) is 17.8 Å². The number of amides is 1. The minimum absolute atomic E-state index is 0.0180. The zero-order valence-electron chi connectivity index (χ0n) is 11.6. The van der Waals surface area contributed by atoms with Crippen LogP contribution in [-0.2, 0) is 11.3 Å². The van der Waals surface area contributed by atoms with Gasteiger partial charge in [-0.3, -0.25) is 4.79 Å². The Bertz CT molecular complexity index is 475. The lowest BCUT2D eigenvalue weighted by atomic mass is 10.2. The highest BCUT2D eigenvalue weighted by Crippen LogP contribution is 2.19. The molecular formula is C15H20BrFN2O. The van der Waals surface area contributed by atoms with Crippen molar-refractivity contribution in [2.75, 3.05) is 0 Å². The van der Waals surface area contributed by atoms with Crippen molar-refractivity contribution in [2.24, 2.45) is 0 Å². The highest BCUT2D eigenvalue weighted by atomic mass is 79.9. The van der Waals surface area contributed by atoms with Crippen LogP contribution in [0, 0.1) is 5.82 Å². The monoisotopic (exact) mass is 342 g/mol. The van der Waals surface area contributed by atoms with E-state index in [9.17, 15) is 9.18 Å². The molecule has 1 aromatic carbocycles. The molecule has 0 aromatic heterocycles. The zero-order chi connectivity index (χ0) is 14.5. The largest absolute Gasteiger partial charge is 0.352 e. The van der Waals surface area contributed by atoms with Gasteiger partial charge in [-0.2, -0.15) is 0 Å². The zero-order valence-corrected chi connectivity index (χ0v) is 13.2. The van der Waals surface area contributed by atoms with Crippen LogP contribution in [-0.4, -0.2) is 18.0 Å². The van der Waals surface area contributed by atoms with Crippen LogP contribution in [0.15, 0.2) is 22.7 Å². The molecule has 1 aromatic rings. The van der Waals surface area contributed by atoms with Gasteiger partial charge in [-0.1, -0.05) is 28.8 Å². The van der Waals surface area contributed by atoms with Gasteiger partial charge < -0.3 is 10.6 Å². The van der Waals surface area contributed by atoms with Crippen LogP contribution in [0.3, 0.4) is 0 Å². The number of rotatable bonds is 5. The minimum Gasteiger partial charge on any atom is -0.352 e. The summed E-state index contributed by atoms with van der Waals surface area (Å²) >= 11 is 3.38. The minimum atomic E-state index is -0.286. The number of hydrogen-bond donors (Lipinski definition) is 2. The number of halogens is 2. The standard InChI is InChI=1S/C15H20BrFN2O/c1-10(15(20)19-13-4-2-3-5-13)18-9-11-8-12(17)6-7-14(11)16/h6-8,10,13,18H,2-5,9H2,1H3,(H,19,20). The molecule has 20 heavy (non-hydrogen) atoms. The van der Waals surface area contributed by atoms with Gasteiger partial charge in [-0.25, -0.2) is 4.39 Å². The van der Waals surface area contributed by atoms with E-state index < -0.39 is 0 Å². The lowest BCUT2D eigenvalue weighted by Gasteiger charge is -2.18. The quantitative estimate of drug-likeness (QED) is 0.863. The summed E-state index contributed by atoms with van der Waals surface area (Å²) in [5.74, 6) is -0.252. The molecule has 1 aliphatic rings. The molecule has 1 unspecified atom stereocenters. The van der Waals surface area contributed by atoms with E-state index in [1.54, 1.807) is 6.07 Å². The summed E-state index contributed by atoms with van der Waals surface area (Å²) in [6.07, 6.45) is 4.55. The number of benzene rings is 1. The van der Waals surface area contributed by atoms with Crippen LogP contribution < -0.4 is 10.6 Å². The SMILES string of the molecule is CC(NCc1cc(F)ccc1Br)C(=O)NC1CCCC1. The molecule has 1 fully saturated rings. The summed E-state index contributed by atoms with van der Waals surface area (Å²) in [7, 11) is 0. The highest BCUT2D eigenvalue weighted by Gasteiger charge is 2.20. The predicted octanol–water partition coefficient (Wildman–Crippen LogP) is 3.13. The van der Waals surface area contributed by atoms with Gasteiger partial charge in [0.15, 0.2) is 0 Å². The number of carbonyl (C=O) groups is 1. The van der Waals surface area contributed by atoms with Crippen LogP contribution in [0.4, 0.5) is 4.39 Å². The van der Waals surface area contributed by atoms with Gasteiger partial charge in [0.25, 0.3) is 0 Å². The fraction of sp³-hybridized carbons (Fsp3) is 0.533. The van der Waals surface area contributed by atoms with Crippen molar-refractivity contribution in [1.82, 2.24) is 10.6 Å². The molecule has 5 heteroatoms. The smallest absolute Gasteiger partial charge is 0.237 e. The molecule has 1 atom stereocenters. The summed E-state index contributed by atoms with van der Waals surface area (Å²) in [5.41, 5.74) is 0.811. The first-order chi connectivity index (χ1) is 9.56. The number of hydrogen-bond acceptors (Lipinski definition) is 2. The Morgan fingerprint density at radius 1 is 1.45 bits per heavy atom. The lowest BCUT2D eigenvalue weighted by Crippen LogP contribution is -2.45. The third-order valence-electron chi connectivity index (χ3n) is 3.70. The maximum Gasteiger partial charge on any atom is 0.237 e. The van der Waals surface area contributed by atoms with Crippen molar-refractivity contribution in [3.05, 3.63) is 34.1 Å². The third-order valence-corrected chi connectivity index (χ3v) is 4.47. The summed E-state index contributed by atoms with van der Waals surface area (Å²) in [5, 5.41) is 6.19. The summed E-state index contributed by atoms with van der Waals surface area (Å²) in [6, 6.07) is 4.59. The van der Waals surface area contributed by atoms with E-state index >= 15 is 0 Å². The van der Waals surface area contributed by atoms with Crippen molar-refractivity contribution in [3.63, 3.8) is 0 Å². The van der Waals surface area contributed by atoms with E-state index in [1.165, 1.54) is 25.0 Å². The molecule has 1 saturated carbocycles. The number of carbonyl (C=O) groups excluding carboxylic acids is 1. The first-order valence-electron chi connectivity index (χ1n) is 7.04. The molecule has 0 saturated heterocycles. The van der Waals surface area contributed by atoms with Crippen LogP contribution in [0.25, 0.3) is 0 Å². The van der Waals surface area contributed by atoms with Gasteiger partial charge in [0.05, 0.1) is 6.04 Å². The van der Waals surface area contributed by atoms with Gasteiger partial charge >= 0.3 is 0 Å². The van der Waals surface area contributed by atoms with Crippen LogP contribution in [0.5, 0.6) is 0 Å². The highest BCUT2D eigenvalue weighted by molar-refractivity contribution is 9.10. The molecule has 0 radical (unpaired) electrons. The molecule has 0 bridgehead atoms. The van der Waals surface area contributed by atoms with Gasteiger partial charge in [-0.15, -0.1) is 0 Å². The molecule has 0 heterocycles. The molecule has 3 nitrogen and oxygen atoms in total. The van der Waals surface area contributed by atoms with Crippen molar-refractivity contribution in [2.45, 2.75) is 51.2 Å². The average molecular weight is 343 g/mol. The molecule has 2 rings (SSSR count). The van der Waals surface area contributed by atoms with Crippen LogP contribution >= 0.6 is 15.9 Å². The maximum atomic E-state index is 13.2. The first-order valence-corrected chi connectivity index (χ1v) is 7.83.